The fraction of sp³-hybridized carbons (Fsp3) is 0.190. The Kier molecular flexibility index (Phi) is 5.52. The molecule has 0 spiro atoms. The maximum atomic E-state index is 11.6. The molecule has 3 rings (SSSR count). The van der Waals surface area contributed by atoms with Crippen molar-refractivity contribution in [2.45, 2.75) is 6.92 Å². The second-order valence-corrected chi connectivity index (χ2v) is 5.55. The Balaban J connectivity index is 1.52. The van der Waals surface area contributed by atoms with Gasteiger partial charge in [-0.1, -0.05) is 36.4 Å². The lowest BCUT2D eigenvalue weighted by molar-refractivity contribution is 0.0526. The first-order valence-electron chi connectivity index (χ1n) is 8.39. The summed E-state index contributed by atoms with van der Waals surface area (Å²) < 4.78 is 10.9. The van der Waals surface area contributed by atoms with Crippen molar-refractivity contribution < 1.29 is 14.3 Å². The second kappa shape index (κ2) is 8.20. The number of carbonyl (C=O) groups excluding carboxylic acids is 1. The van der Waals surface area contributed by atoms with Crippen LogP contribution in [0, 0.1) is 0 Å². The van der Waals surface area contributed by atoms with E-state index in [1.54, 1.807) is 19.1 Å². The van der Waals surface area contributed by atoms with Crippen LogP contribution >= 0.6 is 0 Å². The molecule has 3 aromatic rings. The molecule has 0 heterocycles. The smallest absolute Gasteiger partial charge is 0.338 e. The van der Waals surface area contributed by atoms with Crippen LogP contribution in [-0.2, 0) is 4.74 Å². The molecule has 25 heavy (non-hydrogen) atoms. The summed E-state index contributed by atoms with van der Waals surface area (Å²) in [6.07, 6.45) is 0. The number of esters is 1. The van der Waals surface area contributed by atoms with E-state index in [4.69, 9.17) is 9.47 Å². The molecular weight excluding hydrogens is 314 g/mol. The molecule has 0 aliphatic carbocycles. The van der Waals surface area contributed by atoms with Gasteiger partial charge in [-0.05, 0) is 42.6 Å². The Morgan fingerprint density at radius 2 is 1.72 bits per heavy atom. The third-order valence-corrected chi connectivity index (χ3v) is 3.83. The Hall–Kier alpha value is -3.01. The predicted molar refractivity (Wildman–Crippen MR) is 100 cm³/mol. The van der Waals surface area contributed by atoms with Gasteiger partial charge >= 0.3 is 5.97 Å². The maximum Gasteiger partial charge on any atom is 0.338 e. The molecular formula is C21H21NO3. The lowest BCUT2D eigenvalue weighted by Gasteiger charge is -2.11. The van der Waals surface area contributed by atoms with Crippen LogP contribution in [0.2, 0.25) is 0 Å². The van der Waals surface area contributed by atoms with Gasteiger partial charge < -0.3 is 14.8 Å². The first kappa shape index (κ1) is 16.8. The second-order valence-electron chi connectivity index (χ2n) is 5.55. The number of anilines is 1. The lowest BCUT2D eigenvalue weighted by atomic mass is 10.1. The van der Waals surface area contributed by atoms with Crippen molar-refractivity contribution >= 4 is 22.4 Å². The van der Waals surface area contributed by atoms with Gasteiger partial charge in [0.05, 0.1) is 12.2 Å². The van der Waals surface area contributed by atoms with Crippen LogP contribution in [0.4, 0.5) is 5.69 Å². The highest BCUT2D eigenvalue weighted by Crippen LogP contribution is 2.25. The highest BCUT2D eigenvalue weighted by molar-refractivity contribution is 5.90. The van der Waals surface area contributed by atoms with Crippen molar-refractivity contribution in [2.75, 3.05) is 25.1 Å². The summed E-state index contributed by atoms with van der Waals surface area (Å²) in [6, 6.07) is 21.5. The van der Waals surface area contributed by atoms with Crippen LogP contribution in [0.15, 0.2) is 66.7 Å². The third kappa shape index (κ3) is 4.29. The Bertz CT molecular complexity index is 838. The van der Waals surface area contributed by atoms with Gasteiger partial charge in [-0.3, -0.25) is 0 Å². The van der Waals surface area contributed by atoms with Crippen molar-refractivity contribution in [3.05, 3.63) is 72.3 Å². The van der Waals surface area contributed by atoms with Crippen molar-refractivity contribution in [3.8, 4) is 5.75 Å². The Morgan fingerprint density at radius 3 is 2.52 bits per heavy atom. The van der Waals surface area contributed by atoms with E-state index >= 15 is 0 Å². The summed E-state index contributed by atoms with van der Waals surface area (Å²) in [5, 5.41) is 5.57. The lowest BCUT2D eigenvalue weighted by Crippen LogP contribution is -2.12. The first-order chi connectivity index (χ1) is 12.3. The quantitative estimate of drug-likeness (QED) is 0.510. The largest absolute Gasteiger partial charge is 0.491 e. The van der Waals surface area contributed by atoms with Gasteiger partial charge in [0.25, 0.3) is 0 Å². The molecule has 0 aromatic heterocycles. The minimum absolute atomic E-state index is 0.298. The van der Waals surface area contributed by atoms with E-state index in [-0.39, 0.29) is 5.97 Å². The van der Waals surface area contributed by atoms with E-state index in [0.717, 1.165) is 16.8 Å². The van der Waals surface area contributed by atoms with Crippen LogP contribution < -0.4 is 10.1 Å². The molecule has 0 aliphatic heterocycles. The van der Waals surface area contributed by atoms with Gasteiger partial charge in [-0.15, -0.1) is 0 Å². The number of fused-ring (bicyclic) bond motifs is 1. The molecule has 0 radical (unpaired) electrons. The van der Waals surface area contributed by atoms with E-state index in [2.05, 4.69) is 23.5 Å². The zero-order valence-corrected chi connectivity index (χ0v) is 14.2. The van der Waals surface area contributed by atoms with E-state index in [9.17, 15) is 4.79 Å². The number of hydrogen-bond acceptors (Lipinski definition) is 4. The molecule has 0 fully saturated rings. The number of rotatable bonds is 7. The summed E-state index contributed by atoms with van der Waals surface area (Å²) in [6.45, 7) is 3.39. The average molecular weight is 335 g/mol. The number of nitrogens with one attached hydrogen (secondary N) is 1. The van der Waals surface area contributed by atoms with Crippen LogP contribution in [0.3, 0.4) is 0 Å². The van der Waals surface area contributed by atoms with Crippen LogP contribution in [-0.4, -0.2) is 25.7 Å². The van der Waals surface area contributed by atoms with E-state index < -0.39 is 0 Å². The maximum absolute atomic E-state index is 11.6. The standard InChI is InChI=1S/C21H21NO3/c1-2-24-21(23)17-10-12-18(13-11-17)22-14-15-25-20-9-5-7-16-6-3-4-8-19(16)20/h3-13,22H,2,14-15H2,1H3. The summed E-state index contributed by atoms with van der Waals surface area (Å²) in [5.74, 6) is 0.589. The normalized spacial score (nSPS) is 10.4. The molecule has 0 saturated heterocycles. The number of carbonyl (C=O) groups is 1. The van der Waals surface area contributed by atoms with Crippen molar-refractivity contribution in [1.29, 1.82) is 0 Å². The van der Waals surface area contributed by atoms with Crippen LogP contribution in [0.1, 0.15) is 17.3 Å². The minimum atomic E-state index is -0.298. The monoisotopic (exact) mass is 335 g/mol. The molecule has 128 valence electrons. The summed E-state index contributed by atoms with van der Waals surface area (Å²) in [7, 11) is 0. The predicted octanol–water partition coefficient (Wildman–Crippen LogP) is 4.51. The minimum Gasteiger partial charge on any atom is -0.491 e. The molecule has 3 aromatic carbocycles. The number of benzene rings is 3. The van der Waals surface area contributed by atoms with Crippen LogP contribution in [0.25, 0.3) is 10.8 Å². The molecule has 0 aliphatic rings. The molecule has 0 bridgehead atoms. The molecule has 0 amide bonds. The van der Waals surface area contributed by atoms with Crippen molar-refractivity contribution in [1.82, 2.24) is 0 Å². The molecule has 1 N–H and O–H groups in total. The highest BCUT2D eigenvalue weighted by atomic mass is 16.5. The number of ether oxygens (including phenoxy) is 2. The molecule has 4 heteroatoms. The number of hydrogen-bond donors (Lipinski definition) is 1. The van der Waals surface area contributed by atoms with Gasteiger partial charge in [-0.25, -0.2) is 4.79 Å². The molecule has 4 nitrogen and oxygen atoms in total. The summed E-state index contributed by atoms with van der Waals surface area (Å²) >= 11 is 0. The highest BCUT2D eigenvalue weighted by Gasteiger charge is 2.05. The van der Waals surface area contributed by atoms with Gasteiger partial charge in [0, 0.05) is 17.6 Å². The summed E-state index contributed by atoms with van der Waals surface area (Å²) in [5.41, 5.74) is 1.49. The fourth-order valence-corrected chi connectivity index (χ4v) is 2.62. The third-order valence-electron chi connectivity index (χ3n) is 3.83. The van der Waals surface area contributed by atoms with Gasteiger partial charge in [0.1, 0.15) is 12.4 Å². The SMILES string of the molecule is CCOC(=O)c1ccc(NCCOc2cccc3ccccc23)cc1. The molecule has 0 saturated carbocycles. The first-order valence-corrected chi connectivity index (χ1v) is 8.39. The van der Waals surface area contributed by atoms with Gasteiger partial charge in [0.2, 0.25) is 0 Å². The van der Waals surface area contributed by atoms with Crippen molar-refractivity contribution in [2.24, 2.45) is 0 Å². The molecule has 0 atom stereocenters. The van der Waals surface area contributed by atoms with Crippen LogP contribution in [0.5, 0.6) is 5.75 Å². The molecule has 0 unspecified atom stereocenters. The fourth-order valence-electron chi connectivity index (χ4n) is 2.62. The van der Waals surface area contributed by atoms with E-state index in [0.29, 0.717) is 25.3 Å². The Morgan fingerprint density at radius 1 is 0.960 bits per heavy atom. The van der Waals surface area contributed by atoms with E-state index in [1.807, 2.05) is 36.4 Å². The van der Waals surface area contributed by atoms with Crippen molar-refractivity contribution in [3.63, 3.8) is 0 Å². The zero-order valence-electron chi connectivity index (χ0n) is 14.2. The topological polar surface area (TPSA) is 47.6 Å². The Labute approximate surface area is 147 Å². The van der Waals surface area contributed by atoms with Gasteiger partial charge in [0.15, 0.2) is 0 Å². The van der Waals surface area contributed by atoms with Gasteiger partial charge in [-0.2, -0.15) is 0 Å². The zero-order chi connectivity index (χ0) is 17.5. The summed E-state index contributed by atoms with van der Waals surface area (Å²) in [4.78, 5) is 11.6. The average Bonchev–Trinajstić information content (AvgIpc) is 2.66. The van der Waals surface area contributed by atoms with E-state index in [1.165, 1.54) is 5.39 Å².